The van der Waals surface area contributed by atoms with Crippen molar-refractivity contribution < 1.29 is 0 Å². The fourth-order valence-electron chi connectivity index (χ4n) is 2.21. The van der Waals surface area contributed by atoms with Gasteiger partial charge < -0.3 is 10.3 Å². The molecule has 3 aromatic heterocycles. The van der Waals surface area contributed by atoms with Crippen molar-refractivity contribution >= 4 is 22.5 Å². The zero-order chi connectivity index (χ0) is 11.9. The Bertz CT molecular complexity index is 692. The zero-order valence-electron chi connectivity index (χ0n) is 9.77. The first-order valence-corrected chi connectivity index (χ1v) is 6.14. The molecule has 0 atom stereocenters. The Hall–Kier alpha value is -2.30. The van der Waals surface area contributed by atoms with Gasteiger partial charge in [-0.3, -0.25) is 5.10 Å². The van der Waals surface area contributed by atoms with Gasteiger partial charge in [0, 0.05) is 35.5 Å². The average molecular weight is 239 g/mol. The monoisotopic (exact) mass is 239 g/mol. The third kappa shape index (κ3) is 1.55. The van der Waals surface area contributed by atoms with Gasteiger partial charge in [0.05, 0.1) is 5.69 Å². The number of nitrogens with zero attached hydrogens (tertiary/aromatic N) is 2. The van der Waals surface area contributed by atoms with E-state index in [0.29, 0.717) is 5.92 Å². The first-order valence-electron chi connectivity index (χ1n) is 6.14. The van der Waals surface area contributed by atoms with Crippen molar-refractivity contribution in [3.05, 3.63) is 36.3 Å². The highest BCUT2D eigenvalue weighted by molar-refractivity contribution is 5.90. The van der Waals surface area contributed by atoms with Crippen LogP contribution in [-0.2, 0) is 0 Å². The summed E-state index contributed by atoms with van der Waals surface area (Å²) in [5.41, 5.74) is 3.14. The van der Waals surface area contributed by atoms with Crippen LogP contribution >= 0.6 is 0 Å². The Morgan fingerprint density at radius 1 is 1.28 bits per heavy atom. The largest absolute Gasteiger partial charge is 0.346 e. The van der Waals surface area contributed by atoms with Crippen LogP contribution in [0.25, 0.3) is 11.0 Å². The van der Waals surface area contributed by atoms with Crippen LogP contribution in [0.2, 0.25) is 0 Å². The molecule has 0 aliphatic heterocycles. The number of hydrogen-bond acceptors (Lipinski definition) is 3. The van der Waals surface area contributed by atoms with E-state index in [1.165, 1.54) is 18.5 Å². The summed E-state index contributed by atoms with van der Waals surface area (Å²) in [7, 11) is 0. The number of aromatic amines is 2. The van der Waals surface area contributed by atoms with E-state index >= 15 is 0 Å². The third-order valence-electron chi connectivity index (χ3n) is 3.34. The normalized spacial score (nSPS) is 15.1. The maximum Gasteiger partial charge on any atom is 0.152 e. The Labute approximate surface area is 104 Å². The number of aromatic nitrogens is 4. The molecule has 3 heterocycles. The molecule has 18 heavy (non-hydrogen) atoms. The highest BCUT2D eigenvalue weighted by Crippen LogP contribution is 2.39. The molecule has 1 aliphatic carbocycles. The van der Waals surface area contributed by atoms with Gasteiger partial charge in [0.1, 0.15) is 5.65 Å². The van der Waals surface area contributed by atoms with Gasteiger partial charge in [-0.15, -0.1) is 0 Å². The lowest BCUT2D eigenvalue weighted by Gasteiger charge is -2.03. The Balaban J connectivity index is 1.68. The molecule has 1 saturated carbocycles. The van der Waals surface area contributed by atoms with Crippen molar-refractivity contribution in [2.75, 3.05) is 5.32 Å². The second-order valence-electron chi connectivity index (χ2n) is 4.71. The smallest absolute Gasteiger partial charge is 0.152 e. The molecule has 0 radical (unpaired) electrons. The van der Waals surface area contributed by atoms with E-state index < -0.39 is 0 Å². The molecule has 3 N–H and O–H groups in total. The minimum atomic E-state index is 0.692. The summed E-state index contributed by atoms with van der Waals surface area (Å²) in [5, 5.41) is 11.8. The van der Waals surface area contributed by atoms with Gasteiger partial charge in [-0.2, -0.15) is 5.10 Å². The minimum absolute atomic E-state index is 0.692. The number of fused-ring (bicyclic) bond motifs is 1. The summed E-state index contributed by atoms with van der Waals surface area (Å²) in [4.78, 5) is 7.36. The number of hydrogen-bond donors (Lipinski definition) is 3. The van der Waals surface area contributed by atoms with Gasteiger partial charge in [0.15, 0.2) is 5.82 Å². The first kappa shape index (κ1) is 9.70. The van der Waals surface area contributed by atoms with E-state index in [4.69, 9.17) is 0 Å². The van der Waals surface area contributed by atoms with Crippen LogP contribution in [0.3, 0.4) is 0 Å². The molecule has 0 saturated heterocycles. The summed E-state index contributed by atoms with van der Waals surface area (Å²) in [6.45, 7) is 0. The number of pyridine rings is 1. The summed E-state index contributed by atoms with van der Waals surface area (Å²) in [5.74, 6) is 1.56. The highest BCUT2D eigenvalue weighted by Gasteiger charge is 2.25. The molecule has 0 amide bonds. The van der Waals surface area contributed by atoms with Crippen LogP contribution in [0.4, 0.5) is 11.5 Å². The molecular weight excluding hydrogens is 226 g/mol. The molecule has 0 unspecified atom stereocenters. The molecule has 0 aromatic carbocycles. The maximum atomic E-state index is 4.30. The van der Waals surface area contributed by atoms with Gasteiger partial charge in [-0.05, 0) is 25.0 Å². The van der Waals surface area contributed by atoms with Crippen molar-refractivity contribution in [3.8, 4) is 0 Å². The average Bonchev–Trinajstić information content (AvgIpc) is 2.94. The maximum absolute atomic E-state index is 4.30. The Morgan fingerprint density at radius 3 is 3.11 bits per heavy atom. The van der Waals surface area contributed by atoms with Gasteiger partial charge >= 0.3 is 0 Å². The molecule has 0 spiro atoms. The SMILES string of the molecule is c1cc(Nc2cc(C3CC3)[nH]n2)c2cc[nH]c2n1. The van der Waals surface area contributed by atoms with E-state index in [1.807, 2.05) is 18.3 Å². The Kier molecular flexibility index (Phi) is 1.94. The first-order chi connectivity index (χ1) is 8.90. The summed E-state index contributed by atoms with van der Waals surface area (Å²) in [6.07, 6.45) is 6.23. The van der Waals surface area contributed by atoms with Crippen molar-refractivity contribution in [2.24, 2.45) is 0 Å². The molecule has 3 aromatic rings. The number of H-pyrrole nitrogens is 2. The predicted molar refractivity (Wildman–Crippen MR) is 69.9 cm³/mol. The van der Waals surface area contributed by atoms with E-state index in [-0.39, 0.29) is 0 Å². The van der Waals surface area contributed by atoms with Crippen LogP contribution in [0.5, 0.6) is 0 Å². The van der Waals surface area contributed by atoms with Crippen LogP contribution in [0, 0.1) is 0 Å². The van der Waals surface area contributed by atoms with Crippen molar-refractivity contribution in [1.29, 1.82) is 0 Å². The summed E-state index contributed by atoms with van der Waals surface area (Å²) >= 11 is 0. The lowest BCUT2D eigenvalue weighted by atomic mass is 10.2. The van der Waals surface area contributed by atoms with Gasteiger partial charge in [0.2, 0.25) is 0 Å². The highest BCUT2D eigenvalue weighted by atomic mass is 15.2. The predicted octanol–water partition coefficient (Wildman–Crippen LogP) is 2.91. The molecular formula is C13H13N5. The van der Waals surface area contributed by atoms with Crippen molar-refractivity contribution in [2.45, 2.75) is 18.8 Å². The molecule has 5 heteroatoms. The van der Waals surface area contributed by atoms with Crippen molar-refractivity contribution in [3.63, 3.8) is 0 Å². The van der Waals surface area contributed by atoms with Crippen LogP contribution in [0.1, 0.15) is 24.5 Å². The van der Waals surface area contributed by atoms with Gasteiger partial charge in [-0.1, -0.05) is 0 Å². The lowest BCUT2D eigenvalue weighted by molar-refractivity contribution is 0.967. The summed E-state index contributed by atoms with van der Waals surface area (Å²) < 4.78 is 0. The third-order valence-corrected chi connectivity index (χ3v) is 3.34. The molecule has 0 bridgehead atoms. The second kappa shape index (κ2) is 3.60. The van der Waals surface area contributed by atoms with E-state index in [9.17, 15) is 0 Å². The lowest BCUT2D eigenvalue weighted by Crippen LogP contribution is -1.91. The van der Waals surface area contributed by atoms with Crippen LogP contribution in [0.15, 0.2) is 30.6 Å². The fourth-order valence-corrected chi connectivity index (χ4v) is 2.21. The van der Waals surface area contributed by atoms with Crippen LogP contribution in [-0.4, -0.2) is 20.2 Å². The Morgan fingerprint density at radius 2 is 2.22 bits per heavy atom. The van der Waals surface area contributed by atoms with Crippen LogP contribution < -0.4 is 5.32 Å². The second-order valence-corrected chi connectivity index (χ2v) is 4.71. The topological polar surface area (TPSA) is 69.4 Å². The minimum Gasteiger partial charge on any atom is -0.346 e. The molecule has 1 aliphatic rings. The van der Waals surface area contributed by atoms with Gasteiger partial charge in [0.25, 0.3) is 0 Å². The fraction of sp³-hybridized carbons (Fsp3) is 0.231. The van der Waals surface area contributed by atoms with Crippen molar-refractivity contribution in [1.82, 2.24) is 20.2 Å². The standard InChI is InChI=1S/C13H13N5/c1-2-8(1)11-7-12(18-17-11)16-10-4-6-15-13-9(10)3-5-14-13/h3-8H,1-2H2,(H3,14,15,16,17,18). The number of nitrogens with one attached hydrogen (secondary N) is 3. The number of anilines is 2. The van der Waals surface area contributed by atoms with E-state index in [1.54, 1.807) is 6.20 Å². The molecule has 1 fully saturated rings. The van der Waals surface area contributed by atoms with E-state index in [2.05, 4.69) is 31.5 Å². The van der Waals surface area contributed by atoms with E-state index in [0.717, 1.165) is 22.5 Å². The molecule has 5 nitrogen and oxygen atoms in total. The van der Waals surface area contributed by atoms with Gasteiger partial charge in [-0.25, -0.2) is 4.98 Å². The number of rotatable bonds is 3. The molecule has 4 rings (SSSR count). The molecule has 90 valence electrons. The summed E-state index contributed by atoms with van der Waals surface area (Å²) in [6, 6.07) is 6.07. The quantitative estimate of drug-likeness (QED) is 0.658. The zero-order valence-corrected chi connectivity index (χ0v) is 9.77.